The number of carbonyl (C=O) groups excluding carboxylic acids is 1. The van der Waals surface area contributed by atoms with Crippen LogP contribution < -0.4 is 0 Å². The molecule has 0 aliphatic carbocycles. The number of halogens is 2. The van der Waals surface area contributed by atoms with Crippen molar-refractivity contribution in [2.75, 3.05) is 13.7 Å². The van der Waals surface area contributed by atoms with Crippen LogP contribution in [0.3, 0.4) is 0 Å². The number of benzene rings is 2. The van der Waals surface area contributed by atoms with Gasteiger partial charge in [-0.25, -0.2) is 8.78 Å². The highest BCUT2D eigenvalue weighted by Gasteiger charge is 2.55. The summed E-state index contributed by atoms with van der Waals surface area (Å²) in [4.78, 5) is 14.4. The van der Waals surface area contributed by atoms with Crippen LogP contribution in [0.25, 0.3) is 0 Å². The zero-order valence-corrected chi connectivity index (χ0v) is 19.0. The average molecular weight is 460 g/mol. The number of aliphatic hydroxyl groups excluding tert-OH is 2. The Morgan fingerprint density at radius 2 is 1.91 bits per heavy atom. The van der Waals surface area contributed by atoms with E-state index in [1.165, 1.54) is 11.9 Å². The minimum Gasteiger partial charge on any atom is -0.396 e. The molecule has 2 fully saturated rings. The molecular formula is C26H31F2NO4. The quantitative estimate of drug-likeness (QED) is 0.708. The predicted octanol–water partition coefficient (Wildman–Crippen LogP) is 4.03. The van der Waals surface area contributed by atoms with E-state index in [-0.39, 0.29) is 18.1 Å². The Morgan fingerprint density at radius 3 is 2.61 bits per heavy atom. The molecule has 0 spiro atoms. The van der Waals surface area contributed by atoms with Crippen molar-refractivity contribution in [1.29, 1.82) is 0 Å². The summed E-state index contributed by atoms with van der Waals surface area (Å²) in [6.07, 6.45) is 1.55. The SMILES string of the molecule is CN(C(=O)c1cc(F)ccc1F)[C@H]1CC[C@@]2(CCO)C[C@H](c3ccccc3)C[C@](C)(O2)[C@@H]1O. The third-order valence-electron chi connectivity index (χ3n) is 7.42. The van der Waals surface area contributed by atoms with Gasteiger partial charge in [0.15, 0.2) is 0 Å². The Kier molecular flexibility index (Phi) is 6.58. The van der Waals surface area contributed by atoms with E-state index < -0.39 is 40.9 Å². The highest BCUT2D eigenvalue weighted by atomic mass is 19.1. The van der Waals surface area contributed by atoms with Gasteiger partial charge in [-0.05, 0) is 68.7 Å². The molecule has 2 aromatic carbocycles. The smallest absolute Gasteiger partial charge is 0.257 e. The van der Waals surface area contributed by atoms with Gasteiger partial charge in [0.25, 0.3) is 5.91 Å². The number of amides is 1. The first-order valence-electron chi connectivity index (χ1n) is 11.4. The molecule has 2 aliphatic rings. The number of fused-ring (bicyclic) bond motifs is 2. The Hall–Kier alpha value is -2.35. The zero-order chi connectivity index (χ0) is 23.8. The van der Waals surface area contributed by atoms with Gasteiger partial charge in [-0.1, -0.05) is 30.3 Å². The molecule has 0 saturated carbocycles. The van der Waals surface area contributed by atoms with Crippen molar-refractivity contribution in [2.24, 2.45) is 0 Å². The summed E-state index contributed by atoms with van der Waals surface area (Å²) < 4.78 is 34.5. The molecule has 7 heteroatoms. The molecule has 5 atom stereocenters. The molecule has 0 unspecified atom stereocenters. The van der Waals surface area contributed by atoms with Gasteiger partial charge < -0.3 is 19.8 Å². The number of likely N-dealkylation sites (N-methyl/N-ethyl adjacent to an activating group) is 1. The highest BCUT2D eigenvalue weighted by Crippen LogP contribution is 2.51. The molecule has 2 aliphatic heterocycles. The van der Waals surface area contributed by atoms with Crippen molar-refractivity contribution in [2.45, 2.75) is 68.3 Å². The summed E-state index contributed by atoms with van der Waals surface area (Å²) in [5, 5.41) is 21.3. The van der Waals surface area contributed by atoms with E-state index in [1.54, 1.807) is 0 Å². The monoisotopic (exact) mass is 459 g/mol. The van der Waals surface area contributed by atoms with Crippen LogP contribution in [-0.4, -0.2) is 58.0 Å². The van der Waals surface area contributed by atoms with Crippen molar-refractivity contribution in [1.82, 2.24) is 4.90 Å². The second-order valence-electron chi connectivity index (χ2n) is 9.68. The van der Waals surface area contributed by atoms with Crippen LogP contribution in [0.5, 0.6) is 0 Å². The highest BCUT2D eigenvalue weighted by molar-refractivity contribution is 5.94. The Morgan fingerprint density at radius 1 is 1.18 bits per heavy atom. The predicted molar refractivity (Wildman–Crippen MR) is 120 cm³/mol. The number of rotatable bonds is 5. The van der Waals surface area contributed by atoms with Crippen LogP contribution in [-0.2, 0) is 4.74 Å². The Balaban J connectivity index is 1.67. The third-order valence-corrected chi connectivity index (χ3v) is 7.42. The standard InChI is InChI=1S/C26H31F2NO4/c1-25-15-18(17-6-4-3-5-7-17)16-26(33-25,12-13-30)11-10-22(23(25)31)29(2)24(32)20-14-19(27)8-9-21(20)28/h3-9,14,18,22-23,30-31H,10-13,15-16H2,1-2H3/t18-,22+,23-,25+,26-/m1/s1. The molecule has 2 heterocycles. The van der Waals surface area contributed by atoms with E-state index in [0.29, 0.717) is 32.1 Å². The van der Waals surface area contributed by atoms with Crippen molar-refractivity contribution in [3.05, 3.63) is 71.3 Å². The maximum absolute atomic E-state index is 14.3. The molecule has 1 amide bonds. The van der Waals surface area contributed by atoms with E-state index >= 15 is 0 Å². The number of nitrogens with zero attached hydrogens (tertiary/aromatic N) is 1. The fourth-order valence-electron chi connectivity index (χ4n) is 5.75. The van der Waals surface area contributed by atoms with Gasteiger partial charge in [0.05, 0.1) is 22.8 Å². The number of hydrogen-bond donors (Lipinski definition) is 2. The van der Waals surface area contributed by atoms with Crippen molar-refractivity contribution in [3.8, 4) is 0 Å². The molecule has 4 rings (SSSR count). The first-order valence-corrected chi connectivity index (χ1v) is 11.4. The summed E-state index contributed by atoms with van der Waals surface area (Å²) in [5.74, 6) is -2.08. The molecule has 0 radical (unpaired) electrons. The summed E-state index contributed by atoms with van der Waals surface area (Å²) in [6.45, 7) is 1.79. The van der Waals surface area contributed by atoms with Crippen LogP contribution in [0, 0.1) is 11.6 Å². The van der Waals surface area contributed by atoms with Crippen molar-refractivity contribution >= 4 is 5.91 Å². The van der Waals surface area contributed by atoms with Gasteiger partial charge >= 0.3 is 0 Å². The molecule has 2 N–H and O–H groups in total. The number of hydrogen-bond acceptors (Lipinski definition) is 4. The molecule has 5 nitrogen and oxygen atoms in total. The Labute approximate surface area is 193 Å². The summed E-state index contributed by atoms with van der Waals surface area (Å²) in [5.41, 5.74) is -0.850. The number of aliphatic hydroxyl groups is 2. The second kappa shape index (κ2) is 9.12. The number of carbonyl (C=O) groups is 1. The first-order chi connectivity index (χ1) is 15.7. The first kappa shape index (κ1) is 23.8. The van der Waals surface area contributed by atoms with E-state index in [1.807, 2.05) is 25.1 Å². The fraction of sp³-hybridized carbons (Fsp3) is 0.500. The van der Waals surface area contributed by atoms with Crippen molar-refractivity contribution < 1.29 is 28.5 Å². The van der Waals surface area contributed by atoms with Gasteiger partial charge in [-0.3, -0.25) is 4.79 Å². The molecular weight excluding hydrogens is 428 g/mol. The lowest BCUT2D eigenvalue weighted by Crippen LogP contribution is -2.58. The maximum atomic E-state index is 14.3. The van der Waals surface area contributed by atoms with E-state index in [9.17, 15) is 23.8 Å². The second-order valence-corrected chi connectivity index (χ2v) is 9.68. The topological polar surface area (TPSA) is 70.0 Å². The largest absolute Gasteiger partial charge is 0.396 e. The van der Waals surface area contributed by atoms with Crippen LogP contribution >= 0.6 is 0 Å². The summed E-state index contributed by atoms with van der Waals surface area (Å²) >= 11 is 0. The van der Waals surface area contributed by atoms with Gasteiger partial charge in [-0.2, -0.15) is 0 Å². The minimum atomic E-state index is -1.05. The van der Waals surface area contributed by atoms with Crippen LogP contribution in [0.2, 0.25) is 0 Å². The molecule has 2 saturated heterocycles. The molecule has 2 bridgehead atoms. The van der Waals surface area contributed by atoms with E-state index in [0.717, 1.165) is 23.8 Å². The van der Waals surface area contributed by atoms with Gasteiger partial charge in [0.1, 0.15) is 17.7 Å². The van der Waals surface area contributed by atoms with Crippen LogP contribution in [0.4, 0.5) is 8.78 Å². The van der Waals surface area contributed by atoms with Crippen LogP contribution in [0.1, 0.15) is 60.9 Å². The number of ether oxygens (including phenoxy) is 1. The van der Waals surface area contributed by atoms with Crippen LogP contribution in [0.15, 0.2) is 48.5 Å². The normalized spacial score (nSPS) is 31.6. The Bertz CT molecular complexity index is 1000. The zero-order valence-electron chi connectivity index (χ0n) is 19.0. The molecule has 33 heavy (non-hydrogen) atoms. The van der Waals surface area contributed by atoms with Gasteiger partial charge in [0, 0.05) is 13.7 Å². The minimum absolute atomic E-state index is 0.0539. The lowest BCUT2D eigenvalue weighted by atomic mass is 9.73. The van der Waals surface area contributed by atoms with Gasteiger partial charge in [-0.15, -0.1) is 0 Å². The molecule has 2 aromatic rings. The maximum Gasteiger partial charge on any atom is 0.257 e. The fourth-order valence-corrected chi connectivity index (χ4v) is 5.75. The molecule has 0 aromatic heterocycles. The molecule has 178 valence electrons. The summed E-state index contributed by atoms with van der Waals surface area (Å²) in [6, 6.07) is 12.2. The van der Waals surface area contributed by atoms with E-state index in [2.05, 4.69) is 12.1 Å². The van der Waals surface area contributed by atoms with Crippen molar-refractivity contribution in [3.63, 3.8) is 0 Å². The average Bonchev–Trinajstić information content (AvgIpc) is 2.87. The third kappa shape index (κ3) is 4.54. The lowest BCUT2D eigenvalue weighted by molar-refractivity contribution is -0.225. The summed E-state index contributed by atoms with van der Waals surface area (Å²) in [7, 11) is 1.51. The van der Waals surface area contributed by atoms with E-state index in [4.69, 9.17) is 4.74 Å². The lowest BCUT2D eigenvalue weighted by Gasteiger charge is -2.50. The van der Waals surface area contributed by atoms with Gasteiger partial charge in [0.2, 0.25) is 0 Å².